The third kappa shape index (κ3) is 9.08. The number of hydrogen-bond acceptors (Lipinski definition) is 6. The minimum Gasteiger partial charge on any atom is -0.374 e. The predicted molar refractivity (Wildman–Crippen MR) is 171 cm³/mol. The molecule has 1 unspecified atom stereocenters. The van der Waals surface area contributed by atoms with E-state index in [-0.39, 0.29) is 6.61 Å². The van der Waals surface area contributed by atoms with Crippen LogP contribution in [0.5, 0.6) is 0 Å². The van der Waals surface area contributed by atoms with Gasteiger partial charge in [0, 0.05) is 6.42 Å². The summed E-state index contributed by atoms with van der Waals surface area (Å²) in [6.07, 6.45) is -0.545. The van der Waals surface area contributed by atoms with E-state index in [4.69, 9.17) is 23.7 Å². The topological polar surface area (TPSA) is 66.4 Å². The van der Waals surface area contributed by atoms with Crippen LogP contribution in [0.2, 0.25) is 0 Å². The second kappa shape index (κ2) is 16.6. The number of unbranched alkanes of at least 4 members (excludes halogenated alkanes) is 1. The molecule has 0 amide bonds. The molecule has 1 fully saturated rings. The van der Waals surface area contributed by atoms with Crippen molar-refractivity contribution >= 4 is 0 Å². The van der Waals surface area contributed by atoms with Crippen molar-refractivity contribution in [3.8, 4) is 0 Å². The Kier molecular flexibility index (Phi) is 12.1. The van der Waals surface area contributed by atoms with Crippen LogP contribution >= 0.6 is 0 Å². The largest absolute Gasteiger partial charge is 0.374 e. The minimum absolute atomic E-state index is 0.222. The molecule has 6 heteroatoms. The summed E-state index contributed by atoms with van der Waals surface area (Å²) < 4.78 is 32.7. The average molecular weight is 597 g/mol. The van der Waals surface area contributed by atoms with E-state index in [1.807, 2.05) is 121 Å². The first kappa shape index (κ1) is 32.0. The standard InChI is InChI=1S/C38H44O6/c1-2-3-24-38(39)37(43-28-33-22-14-7-15-23-33)36(42-27-32-20-12-6-13-21-32)35(41-26-31-18-10-5-11-19-31)34(44-38)29-40-25-30-16-8-4-9-17-30/h4-23,34-37,39H,2-3,24-29H2,1H3/t34-,35-,36+,37-,38?/m1/s1. The molecule has 0 radical (unpaired) electrons. The number of hydrogen-bond donors (Lipinski definition) is 1. The molecule has 0 aliphatic carbocycles. The molecule has 1 aliphatic heterocycles. The first-order valence-electron chi connectivity index (χ1n) is 15.6. The molecular formula is C38H44O6. The molecule has 0 saturated carbocycles. The lowest BCUT2D eigenvalue weighted by Crippen LogP contribution is -2.67. The summed E-state index contributed by atoms with van der Waals surface area (Å²) >= 11 is 0. The summed E-state index contributed by atoms with van der Waals surface area (Å²) in [5.74, 6) is -1.60. The first-order valence-corrected chi connectivity index (χ1v) is 15.6. The Morgan fingerprint density at radius 3 is 1.50 bits per heavy atom. The summed E-state index contributed by atoms with van der Waals surface area (Å²) in [6, 6.07) is 40.1. The van der Waals surface area contributed by atoms with Crippen molar-refractivity contribution in [3.05, 3.63) is 144 Å². The van der Waals surface area contributed by atoms with Crippen molar-refractivity contribution in [1.29, 1.82) is 0 Å². The highest BCUT2D eigenvalue weighted by molar-refractivity contribution is 5.16. The van der Waals surface area contributed by atoms with Crippen molar-refractivity contribution in [3.63, 3.8) is 0 Å². The Balaban J connectivity index is 1.45. The third-order valence-corrected chi connectivity index (χ3v) is 7.91. The normalized spacial score (nSPS) is 23.4. The lowest BCUT2D eigenvalue weighted by molar-refractivity contribution is -0.372. The third-order valence-electron chi connectivity index (χ3n) is 7.91. The highest BCUT2D eigenvalue weighted by atomic mass is 16.7. The van der Waals surface area contributed by atoms with Crippen molar-refractivity contribution in [2.45, 2.75) is 82.8 Å². The molecule has 5 rings (SSSR count). The molecule has 1 heterocycles. The summed E-state index contributed by atoms with van der Waals surface area (Å²) in [4.78, 5) is 0. The molecule has 1 aliphatic rings. The van der Waals surface area contributed by atoms with Crippen LogP contribution in [-0.2, 0) is 50.1 Å². The number of rotatable bonds is 16. The molecule has 0 bridgehead atoms. The monoisotopic (exact) mass is 596 g/mol. The van der Waals surface area contributed by atoms with E-state index in [2.05, 4.69) is 6.92 Å². The van der Waals surface area contributed by atoms with Gasteiger partial charge in [-0.15, -0.1) is 0 Å². The quantitative estimate of drug-likeness (QED) is 0.147. The van der Waals surface area contributed by atoms with Crippen molar-refractivity contribution < 1.29 is 28.8 Å². The molecule has 5 atom stereocenters. The van der Waals surface area contributed by atoms with Crippen LogP contribution in [0.3, 0.4) is 0 Å². The van der Waals surface area contributed by atoms with Gasteiger partial charge >= 0.3 is 0 Å². The van der Waals surface area contributed by atoms with Crippen molar-refractivity contribution in [2.75, 3.05) is 6.61 Å². The van der Waals surface area contributed by atoms with Crippen LogP contribution in [0.25, 0.3) is 0 Å². The summed E-state index contributed by atoms with van der Waals surface area (Å²) in [5.41, 5.74) is 4.12. The van der Waals surface area contributed by atoms with E-state index in [0.29, 0.717) is 32.8 Å². The van der Waals surface area contributed by atoms with Crippen LogP contribution < -0.4 is 0 Å². The van der Waals surface area contributed by atoms with Gasteiger partial charge in [0.2, 0.25) is 0 Å². The van der Waals surface area contributed by atoms with E-state index >= 15 is 0 Å². The Morgan fingerprint density at radius 2 is 1.02 bits per heavy atom. The minimum atomic E-state index is -1.60. The zero-order valence-corrected chi connectivity index (χ0v) is 25.5. The summed E-state index contributed by atoms with van der Waals surface area (Å²) in [5, 5.41) is 12.3. The highest BCUT2D eigenvalue weighted by Crippen LogP contribution is 2.38. The molecule has 0 spiro atoms. The van der Waals surface area contributed by atoms with Gasteiger partial charge in [0.15, 0.2) is 5.79 Å². The predicted octanol–water partition coefficient (Wildman–Crippen LogP) is 7.24. The molecule has 44 heavy (non-hydrogen) atoms. The van der Waals surface area contributed by atoms with Crippen LogP contribution in [0.4, 0.5) is 0 Å². The molecule has 4 aromatic rings. The molecule has 0 aromatic heterocycles. The molecular weight excluding hydrogens is 552 g/mol. The van der Waals surface area contributed by atoms with Gasteiger partial charge in [0.05, 0.1) is 33.0 Å². The molecule has 6 nitrogen and oxygen atoms in total. The van der Waals surface area contributed by atoms with Crippen molar-refractivity contribution in [2.24, 2.45) is 0 Å². The molecule has 1 N–H and O–H groups in total. The number of aliphatic hydroxyl groups is 1. The second-order valence-corrected chi connectivity index (χ2v) is 11.3. The fourth-order valence-electron chi connectivity index (χ4n) is 5.57. The van der Waals surface area contributed by atoms with E-state index in [1.54, 1.807) is 0 Å². The fourth-order valence-corrected chi connectivity index (χ4v) is 5.57. The molecule has 232 valence electrons. The van der Waals surface area contributed by atoms with Gasteiger partial charge in [-0.1, -0.05) is 135 Å². The van der Waals surface area contributed by atoms with Crippen LogP contribution in [0.1, 0.15) is 48.4 Å². The zero-order valence-electron chi connectivity index (χ0n) is 25.5. The highest BCUT2D eigenvalue weighted by Gasteiger charge is 2.55. The molecule has 4 aromatic carbocycles. The first-order chi connectivity index (χ1) is 21.6. The number of benzene rings is 4. The Morgan fingerprint density at radius 1 is 0.591 bits per heavy atom. The van der Waals surface area contributed by atoms with Crippen LogP contribution in [-0.4, -0.2) is 41.9 Å². The van der Waals surface area contributed by atoms with Crippen molar-refractivity contribution in [1.82, 2.24) is 0 Å². The maximum atomic E-state index is 12.3. The Hall–Kier alpha value is -3.36. The summed E-state index contributed by atoms with van der Waals surface area (Å²) in [7, 11) is 0. The lowest BCUT2D eigenvalue weighted by atomic mass is 9.88. The smallest absolute Gasteiger partial charge is 0.195 e. The zero-order chi connectivity index (χ0) is 30.5. The van der Waals surface area contributed by atoms with E-state index in [9.17, 15) is 5.11 Å². The maximum Gasteiger partial charge on any atom is 0.195 e. The fraction of sp³-hybridized carbons (Fsp3) is 0.368. The van der Waals surface area contributed by atoms with Crippen LogP contribution in [0.15, 0.2) is 121 Å². The maximum absolute atomic E-state index is 12.3. The van der Waals surface area contributed by atoms with Gasteiger partial charge in [-0.05, 0) is 28.7 Å². The van der Waals surface area contributed by atoms with E-state index in [1.165, 1.54) is 0 Å². The molecule has 1 saturated heterocycles. The average Bonchev–Trinajstić information content (AvgIpc) is 3.07. The SMILES string of the molecule is CCCCC1(O)O[C@H](COCc2ccccc2)[C@@H](OCc2ccccc2)[C@H](OCc2ccccc2)[C@H]1OCc1ccccc1. The summed E-state index contributed by atoms with van der Waals surface area (Å²) in [6.45, 7) is 3.73. The van der Waals surface area contributed by atoms with Gasteiger partial charge in [-0.2, -0.15) is 0 Å². The van der Waals surface area contributed by atoms with Gasteiger partial charge < -0.3 is 28.8 Å². The Labute approximate surface area is 261 Å². The van der Waals surface area contributed by atoms with Gasteiger partial charge in [-0.25, -0.2) is 0 Å². The van der Waals surface area contributed by atoms with Gasteiger partial charge in [0.25, 0.3) is 0 Å². The lowest BCUT2D eigenvalue weighted by Gasteiger charge is -2.50. The Bertz CT molecular complexity index is 1340. The van der Waals surface area contributed by atoms with Gasteiger partial charge in [0.1, 0.15) is 24.4 Å². The van der Waals surface area contributed by atoms with E-state index in [0.717, 1.165) is 35.1 Å². The second-order valence-electron chi connectivity index (χ2n) is 11.3. The van der Waals surface area contributed by atoms with E-state index < -0.39 is 30.2 Å². The van der Waals surface area contributed by atoms with Gasteiger partial charge in [-0.3, -0.25) is 0 Å². The number of ether oxygens (including phenoxy) is 5. The van der Waals surface area contributed by atoms with Crippen LogP contribution in [0, 0.1) is 0 Å².